The quantitative estimate of drug-likeness (QED) is 0.753. The smallest absolute Gasteiger partial charge is 0.277 e. The van der Waals surface area contributed by atoms with Gasteiger partial charge in [-0.3, -0.25) is 4.79 Å². The van der Waals surface area contributed by atoms with Gasteiger partial charge in [0.15, 0.2) is 0 Å². The molecule has 0 aromatic carbocycles. The van der Waals surface area contributed by atoms with E-state index in [1.54, 1.807) is 11.3 Å². The molecular formula is C18H23N3O2S2. The molecule has 0 saturated carbocycles. The average Bonchev–Trinajstić information content (AvgIpc) is 3.33. The molecule has 1 aliphatic heterocycles. The summed E-state index contributed by atoms with van der Waals surface area (Å²) in [5.74, 6) is 1.50. The van der Waals surface area contributed by atoms with Gasteiger partial charge in [-0.15, -0.1) is 21.5 Å². The summed E-state index contributed by atoms with van der Waals surface area (Å²) in [4.78, 5) is 16.9. The van der Waals surface area contributed by atoms with E-state index in [0.717, 1.165) is 49.6 Å². The Morgan fingerprint density at radius 3 is 3.00 bits per heavy atom. The van der Waals surface area contributed by atoms with E-state index in [-0.39, 0.29) is 11.2 Å². The summed E-state index contributed by atoms with van der Waals surface area (Å²) in [5, 5.41) is 8.64. The van der Waals surface area contributed by atoms with Crippen LogP contribution in [0.5, 0.6) is 0 Å². The van der Waals surface area contributed by atoms with Gasteiger partial charge in [-0.05, 0) is 56.6 Å². The molecule has 5 nitrogen and oxygen atoms in total. The van der Waals surface area contributed by atoms with E-state index in [0.29, 0.717) is 11.1 Å². The van der Waals surface area contributed by atoms with Crippen LogP contribution in [0.3, 0.4) is 0 Å². The van der Waals surface area contributed by atoms with Crippen LogP contribution in [0, 0.1) is 5.92 Å². The molecule has 4 rings (SSSR count). The molecule has 0 N–H and O–H groups in total. The van der Waals surface area contributed by atoms with Crippen LogP contribution in [-0.2, 0) is 17.6 Å². The fourth-order valence-electron chi connectivity index (χ4n) is 3.56. The molecule has 2 aliphatic rings. The van der Waals surface area contributed by atoms with Crippen molar-refractivity contribution < 1.29 is 9.21 Å². The van der Waals surface area contributed by atoms with Crippen LogP contribution < -0.4 is 0 Å². The lowest BCUT2D eigenvalue weighted by Crippen LogP contribution is -2.34. The molecule has 7 heteroatoms. The maximum Gasteiger partial charge on any atom is 0.277 e. The Hall–Kier alpha value is -1.34. The first-order valence-electron chi connectivity index (χ1n) is 9.01. The average molecular weight is 378 g/mol. The highest BCUT2D eigenvalue weighted by atomic mass is 32.2. The number of likely N-dealkylation sites (tertiary alicyclic amines) is 1. The Kier molecular flexibility index (Phi) is 4.86. The van der Waals surface area contributed by atoms with Crippen molar-refractivity contribution in [2.45, 2.75) is 56.4 Å². The Bertz CT molecular complexity index is 764. The van der Waals surface area contributed by atoms with Crippen molar-refractivity contribution in [2.75, 3.05) is 13.1 Å². The second-order valence-electron chi connectivity index (χ2n) is 7.07. The topological polar surface area (TPSA) is 59.2 Å². The molecule has 1 fully saturated rings. The van der Waals surface area contributed by atoms with Crippen molar-refractivity contribution in [3.8, 4) is 10.8 Å². The third kappa shape index (κ3) is 3.62. The van der Waals surface area contributed by atoms with E-state index in [4.69, 9.17) is 4.42 Å². The zero-order valence-corrected chi connectivity index (χ0v) is 16.3. The lowest BCUT2D eigenvalue weighted by molar-refractivity contribution is -0.129. The number of hydrogen-bond acceptors (Lipinski definition) is 6. The summed E-state index contributed by atoms with van der Waals surface area (Å²) in [6.07, 6.45) is 5.76. The standard InChI is InChI=1S/C18H23N3O2S2/c1-11-5-6-14-13(9-11)10-15(25-14)16-19-20-18(23-16)24-12(2)17(22)21-7-3-4-8-21/h10-12H,3-9H2,1-2H3/t11-,12-/m1/s1. The van der Waals surface area contributed by atoms with Gasteiger partial charge in [-0.1, -0.05) is 18.7 Å². The van der Waals surface area contributed by atoms with Crippen molar-refractivity contribution >= 4 is 29.0 Å². The minimum absolute atomic E-state index is 0.169. The van der Waals surface area contributed by atoms with Crippen molar-refractivity contribution in [1.82, 2.24) is 15.1 Å². The van der Waals surface area contributed by atoms with E-state index in [2.05, 4.69) is 23.2 Å². The number of aryl methyl sites for hydroxylation is 1. The minimum atomic E-state index is -0.191. The summed E-state index contributed by atoms with van der Waals surface area (Å²) < 4.78 is 5.84. The summed E-state index contributed by atoms with van der Waals surface area (Å²) in [6.45, 7) is 5.97. The summed E-state index contributed by atoms with van der Waals surface area (Å²) in [6, 6.07) is 2.20. The number of thiophene rings is 1. The number of nitrogens with zero attached hydrogens (tertiary/aromatic N) is 3. The monoisotopic (exact) mass is 377 g/mol. The Morgan fingerprint density at radius 1 is 1.40 bits per heavy atom. The Balaban J connectivity index is 1.44. The van der Waals surface area contributed by atoms with Crippen LogP contribution in [0.4, 0.5) is 0 Å². The van der Waals surface area contributed by atoms with Gasteiger partial charge in [-0.25, -0.2) is 0 Å². The van der Waals surface area contributed by atoms with Gasteiger partial charge >= 0.3 is 0 Å². The van der Waals surface area contributed by atoms with E-state index in [1.807, 2.05) is 11.8 Å². The molecule has 0 radical (unpaired) electrons. The summed E-state index contributed by atoms with van der Waals surface area (Å²) in [7, 11) is 0. The van der Waals surface area contributed by atoms with Crippen molar-refractivity contribution in [2.24, 2.45) is 5.92 Å². The number of amides is 1. The molecule has 1 saturated heterocycles. The fraction of sp³-hybridized carbons (Fsp3) is 0.611. The van der Waals surface area contributed by atoms with Crippen LogP contribution in [-0.4, -0.2) is 39.3 Å². The molecule has 0 unspecified atom stereocenters. The predicted molar refractivity (Wildman–Crippen MR) is 99.9 cm³/mol. The van der Waals surface area contributed by atoms with Crippen molar-refractivity contribution in [3.05, 3.63) is 16.5 Å². The fourth-order valence-corrected chi connectivity index (χ4v) is 5.46. The zero-order valence-electron chi connectivity index (χ0n) is 14.7. The summed E-state index contributed by atoms with van der Waals surface area (Å²) in [5.41, 5.74) is 1.43. The lowest BCUT2D eigenvalue weighted by Gasteiger charge is -2.18. The number of carbonyl (C=O) groups excluding carboxylic acids is 1. The molecule has 0 bridgehead atoms. The number of rotatable bonds is 4. The number of carbonyl (C=O) groups is 1. The van der Waals surface area contributed by atoms with Crippen molar-refractivity contribution in [1.29, 1.82) is 0 Å². The summed E-state index contributed by atoms with van der Waals surface area (Å²) >= 11 is 3.13. The maximum atomic E-state index is 12.4. The molecular weight excluding hydrogens is 354 g/mol. The molecule has 2 aromatic heterocycles. The minimum Gasteiger partial charge on any atom is -0.410 e. The first-order valence-corrected chi connectivity index (χ1v) is 10.7. The van der Waals surface area contributed by atoms with E-state index in [1.165, 1.54) is 28.6 Å². The first-order chi connectivity index (χ1) is 12.1. The molecule has 2 atom stereocenters. The Morgan fingerprint density at radius 2 is 2.20 bits per heavy atom. The molecule has 25 heavy (non-hydrogen) atoms. The molecule has 134 valence electrons. The number of hydrogen-bond donors (Lipinski definition) is 0. The van der Waals surface area contributed by atoms with Gasteiger partial charge < -0.3 is 9.32 Å². The molecule has 1 amide bonds. The molecule has 0 spiro atoms. The van der Waals surface area contributed by atoms with Crippen LogP contribution >= 0.6 is 23.1 Å². The van der Waals surface area contributed by atoms with Crippen LogP contribution in [0.2, 0.25) is 0 Å². The SMILES string of the molecule is C[C@@H]1CCc2sc(-c3nnc(S[C@H](C)C(=O)N4CCCC4)o3)cc2C1. The van der Waals surface area contributed by atoms with E-state index in [9.17, 15) is 4.79 Å². The van der Waals surface area contributed by atoms with E-state index < -0.39 is 0 Å². The zero-order chi connectivity index (χ0) is 17.4. The highest BCUT2D eigenvalue weighted by Gasteiger charge is 2.26. The Labute approximate surface area is 156 Å². The van der Waals surface area contributed by atoms with Gasteiger partial charge in [0.1, 0.15) is 0 Å². The van der Waals surface area contributed by atoms with Gasteiger partial charge in [0, 0.05) is 18.0 Å². The second kappa shape index (κ2) is 7.11. The van der Waals surface area contributed by atoms with Gasteiger partial charge in [0.25, 0.3) is 11.1 Å². The third-order valence-corrected chi connectivity index (χ3v) is 7.14. The lowest BCUT2D eigenvalue weighted by atomic mass is 9.90. The molecule has 3 heterocycles. The number of aromatic nitrogens is 2. The predicted octanol–water partition coefficient (Wildman–Crippen LogP) is 4.03. The normalized spacial score (nSPS) is 21.4. The molecule has 1 aliphatic carbocycles. The number of fused-ring (bicyclic) bond motifs is 1. The molecule has 2 aromatic rings. The third-order valence-electron chi connectivity index (χ3n) is 4.99. The highest BCUT2D eigenvalue weighted by Crippen LogP contribution is 2.37. The maximum absolute atomic E-state index is 12.4. The van der Waals surface area contributed by atoms with Crippen LogP contribution in [0.15, 0.2) is 15.7 Å². The van der Waals surface area contributed by atoms with Gasteiger partial charge in [0.05, 0.1) is 10.1 Å². The van der Waals surface area contributed by atoms with Crippen molar-refractivity contribution in [3.63, 3.8) is 0 Å². The number of thioether (sulfide) groups is 1. The second-order valence-corrected chi connectivity index (χ2v) is 9.50. The van der Waals surface area contributed by atoms with E-state index >= 15 is 0 Å². The van der Waals surface area contributed by atoms with Crippen LogP contribution in [0.1, 0.15) is 43.6 Å². The largest absolute Gasteiger partial charge is 0.410 e. The first kappa shape index (κ1) is 17.1. The van der Waals surface area contributed by atoms with Gasteiger partial charge in [-0.2, -0.15) is 0 Å². The highest BCUT2D eigenvalue weighted by molar-refractivity contribution is 8.00. The van der Waals surface area contributed by atoms with Gasteiger partial charge in [0.2, 0.25) is 5.91 Å². The van der Waals surface area contributed by atoms with Crippen LogP contribution in [0.25, 0.3) is 10.8 Å².